The van der Waals surface area contributed by atoms with E-state index < -0.39 is 24.0 Å². The fourth-order valence-corrected chi connectivity index (χ4v) is 3.36. The Balaban J connectivity index is 2.39. The number of nitrogens with two attached hydrogens (primary N) is 1. The van der Waals surface area contributed by atoms with Gasteiger partial charge >= 0.3 is 11.9 Å². The molecule has 2 atom stereocenters. The maximum Gasteiger partial charge on any atom is 0.336 e. The third-order valence-corrected chi connectivity index (χ3v) is 4.77. The number of carbonyl (C=O) groups is 2. The number of benzene rings is 1. The highest BCUT2D eigenvalue weighted by atomic mass is 16.6. The van der Waals surface area contributed by atoms with Gasteiger partial charge in [0.2, 0.25) is 0 Å². The molecule has 0 radical (unpaired) electrons. The van der Waals surface area contributed by atoms with Crippen molar-refractivity contribution < 1.29 is 24.2 Å². The minimum Gasteiger partial charge on any atom is -0.478 e. The van der Waals surface area contributed by atoms with E-state index in [4.69, 9.17) is 20.5 Å². The van der Waals surface area contributed by atoms with Crippen molar-refractivity contribution in [3.63, 3.8) is 0 Å². The van der Waals surface area contributed by atoms with Crippen LogP contribution < -0.4 is 11.1 Å². The predicted molar refractivity (Wildman–Crippen MR) is 106 cm³/mol. The van der Waals surface area contributed by atoms with Crippen molar-refractivity contribution in [1.82, 2.24) is 5.32 Å². The molecule has 1 aliphatic rings. The smallest absolute Gasteiger partial charge is 0.336 e. The van der Waals surface area contributed by atoms with Gasteiger partial charge in [0.05, 0.1) is 29.2 Å². The molecule has 8 heteroatoms. The Morgan fingerprint density at radius 2 is 2.00 bits per heavy atom. The van der Waals surface area contributed by atoms with Crippen molar-refractivity contribution in [3.05, 3.63) is 52.4 Å². The lowest BCUT2D eigenvalue weighted by atomic mass is 9.80. The van der Waals surface area contributed by atoms with Gasteiger partial charge in [-0.05, 0) is 38.0 Å². The summed E-state index contributed by atoms with van der Waals surface area (Å²) in [6.07, 6.45) is 0.281. The van der Waals surface area contributed by atoms with Gasteiger partial charge in [0, 0.05) is 30.6 Å². The van der Waals surface area contributed by atoms with Crippen LogP contribution in [0.5, 0.6) is 0 Å². The zero-order valence-electron chi connectivity index (χ0n) is 16.7. The number of carbonyl (C=O) groups excluding carboxylic acids is 1. The third kappa shape index (κ3) is 5.15. The first-order valence-electron chi connectivity index (χ1n) is 9.14. The second-order valence-electron chi connectivity index (χ2n) is 6.76. The molecule has 1 aliphatic heterocycles. The van der Waals surface area contributed by atoms with Gasteiger partial charge in [0.15, 0.2) is 0 Å². The summed E-state index contributed by atoms with van der Waals surface area (Å²) in [4.78, 5) is 24.9. The summed E-state index contributed by atoms with van der Waals surface area (Å²) >= 11 is 0. The highest BCUT2D eigenvalue weighted by Crippen LogP contribution is 2.39. The van der Waals surface area contributed by atoms with Crippen LogP contribution in [0.15, 0.2) is 46.8 Å². The number of allylic oxidation sites excluding steroid dienone is 2. The third-order valence-electron chi connectivity index (χ3n) is 4.77. The summed E-state index contributed by atoms with van der Waals surface area (Å²) in [6.45, 7) is 3.31. The standard InChI is InChI=1S/C21H25N3O5/c1-12-17(20(25)26)19(14-6-4-7-15(23)10-14)18(13(2)24-12)21(27)29-11-16(28-3)8-5-9-22/h4,6-7,10,16,19,24H,5,8,11,23H2,1-3H3,(H,25,26). The van der Waals surface area contributed by atoms with Crippen LogP contribution in [0.1, 0.15) is 38.2 Å². The maximum atomic E-state index is 13.0. The molecule has 0 saturated heterocycles. The summed E-state index contributed by atoms with van der Waals surface area (Å²) < 4.78 is 10.7. The Kier molecular flexibility index (Phi) is 7.39. The molecule has 1 heterocycles. The molecule has 0 amide bonds. The lowest BCUT2D eigenvalue weighted by molar-refractivity contribution is -0.143. The average Bonchev–Trinajstić information content (AvgIpc) is 2.67. The molecule has 0 fully saturated rings. The monoisotopic (exact) mass is 399 g/mol. The normalized spacial score (nSPS) is 17.4. The van der Waals surface area contributed by atoms with Crippen LogP contribution in [0.25, 0.3) is 0 Å². The lowest BCUT2D eigenvalue weighted by Gasteiger charge is -2.30. The number of dihydropyridines is 1. The number of anilines is 1. The Morgan fingerprint density at radius 1 is 1.31 bits per heavy atom. The molecule has 2 unspecified atom stereocenters. The molecule has 1 aromatic carbocycles. The van der Waals surface area contributed by atoms with Crippen LogP contribution in [0.4, 0.5) is 5.69 Å². The number of hydrogen-bond acceptors (Lipinski definition) is 7. The molecule has 0 aliphatic carbocycles. The molecule has 154 valence electrons. The van der Waals surface area contributed by atoms with Crippen LogP contribution in [0.2, 0.25) is 0 Å². The number of nitrogens with zero attached hydrogens (tertiary/aromatic N) is 1. The van der Waals surface area contributed by atoms with Crippen LogP contribution in [0.3, 0.4) is 0 Å². The van der Waals surface area contributed by atoms with Crippen molar-refractivity contribution in [2.75, 3.05) is 19.5 Å². The lowest BCUT2D eigenvalue weighted by Crippen LogP contribution is -2.32. The topological polar surface area (TPSA) is 135 Å². The van der Waals surface area contributed by atoms with Crippen LogP contribution in [0, 0.1) is 11.3 Å². The Morgan fingerprint density at radius 3 is 2.59 bits per heavy atom. The Hall–Kier alpha value is -3.31. The quantitative estimate of drug-likeness (QED) is 0.448. The molecule has 0 spiro atoms. The molecular weight excluding hydrogens is 374 g/mol. The molecule has 4 N–H and O–H groups in total. The van der Waals surface area contributed by atoms with Crippen molar-refractivity contribution >= 4 is 17.6 Å². The first-order chi connectivity index (χ1) is 13.8. The number of rotatable bonds is 8. The van der Waals surface area contributed by atoms with E-state index in [1.165, 1.54) is 7.11 Å². The first kappa shape index (κ1) is 22.0. The zero-order valence-corrected chi connectivity index (χ0v) is 16.7. The Bertz CT molecular complexity index is 898. The number of hydrogen-bond donors (Lipinski definition) is 3. The fraction of sp³-hybridized carbons (Fsp3) is 0.381. The van der Waals surface area contributed by atoms with E-state index in [0.29, 0.717) is 29.1 Å². The largest absolute Gasteiger partial charge is 0.478 e. The summed E-state index contributed by atoms with van der Waals surface area (Å²) in [5.41, 5.74) is 8.15. The van der Waals surface area contributed by atoms with Gasteiger partial charge in [-0.25, -0.2) is 9.59 Å². The molecular formula is C21H25N3O5. The van der Waals surface area contributed by atoms with Gasteiger partial charge in [-0.1, -0.05) is 12.1 Å². The predicted octanol–water partition coefficient (Wildman–Crippen LogP) is 2.45. The Labute approximate surface area is 169 Å². The van der Waals surface area contributed by atoms with Gasteiger partial charge in [-0.2, -0.15) is 5.26 Å². The van der Waals surface area contributed by atoms with Gasteiger partial charge in [-0.15, -0.1) is 0 Å². The van der Waals surface area contributed by atoms with Crippen molar-refractivity contribution in [3.8, 4) is 6.07 Å². The SMILES string of the molecule is COC(CCC#N)COC(=O)C1=C(C)NC(C)=C(C(=O)O)C1c1cccc(N)c1. The summed E-state index contributed by atoms with van der Waals surface area (Å²) in [7, 11) is 1.48. The molecule has 2 rings (SSSR count). The van der Waals surface area contributed by atoms with Crippen LogP contribution in [-0.4, -0.2) is 36.9 Å². The van der Waals surface area contributed by atoms with E-state index in [-0.39, 0.29) is 24.2 Å². The number of nitrogens with one attached hydrogen (secondary N) is 1. The van der Waals surface area contributed by atoms with Gasteiger partial charge in [-0.3, -0.25) is 0 Å². The number of ether oxygens (including phenoxy) is 2. The number of carboxylic acid groups (broad SMARTS) is 1. The van der Waals surface area contributed by atoms with Crippen molar-refractivity contribution in [2.24, 2.45) is 0 Å². The molecule has 8 nitrogen and oxygen atoms in total. The number of aliphatic carboxylic acids is 1. The first-order valence-corrected chi connectivity index (χ1v) is 9.14. The zero-order chi connectivity index (χ0) is 21.6. The molecule has 0 saturated carbocycles. The summed E-state index contributed by atoms with van der Waals surface area (Å²) in [6, 6.07) is 8.81. The number of esters is 1. The van der Waals surface area contributed by atoms with Crippen LogP contribution >= 0.6 is 0 Å². The average molecular weight is 399 g/mol. The molecule has 29 heavy (non-hydrogen) atoms. The van der Waals surface area contributed by atoms with Crippen molar-refractivity contribution in [2.45, 2.75) is 38.7 Å². The van der Waals surface area contributed by atoms with Gasteiger partial charge in [0.25, 0.3) is 0 Å². The van der Waals surface area contributed by atoms with E-state index in [1.54, 1.807) is 38.1 Å². The van der Waals surface area contributed by atoms with E-state index >= 15 is 0 Å². The van der Waals surface area contributed by atoms with Gasteiger partial charge < -0.3 is 25.6 Å². The fourth-order valence-electron chi connectivity index (χ4n) is 3.36. The second-order valence-corrected chi connectivity index (χ2v) is 6.76. The highest BCUT2D eigenvalue weighted by Gasteiger charge is 2.37. The van der Waals surface area contributed by atoms with Gasteiger partial charge in [0.1, 0.15) is 6.61 Å². The van der Waals surface area contributed by atoms with E-state index in [0.717, 1.165) is 0 Å². The molecule has 0 bridgehead atoms. The maximum absolute atomic E-state index is 13.0. The highest BCUT2D eigenvalue weighted by molar-refractivity contribution is 5.99. The minimum absolute atomic E-state index is 0.0391. The minimum atomic E-state index is -1.14. The second kappa shape index (κ2) is 9.75. The van der Waals surface area contributed by atoms with E-state index in [2.05, 4.69) is 5.32 Å². The summed E-state index contributed by atoms with van der Waals surface area (Å²) in [5.74, 6) is -2.61. The number of nitrogen functional groups attached to an aromatic ring is 1. The molecule has 1 aromatic rings. The number of methoxy groups -OCH3 is 1. The van der Waals surface area contributed by atoms with Crippen LogP contribution in [-0.2, 0) is 19.1 Å². The van der Waals surface area contributed by atoms with E-state index in [1.807, 2.05) is 6.07 Å². The molecule has 0 aromatic heterocycles. The number of carboxylic acids is 1. The summed E-state index contributed by atoms with van der Waals surface area (Å²) in [5, 5.41) is 21.5. The number of nitriles is 1. The van der Waals surface area contributed by atoms with E-state index in [9.17, 15) is 14.7 Å². The van der Waals surface area contributed by atoms with Crippen molar-refractivity contribution in [1.29, 1.82) is 5.26 Å².